The summed E-state index contributed by atoms with van der Waals surface area (Å²) >= 11 is 0. The second-order valence-electron chi connectivity index (χ2n) is 4.76. The molecule has 0 saturated carbocycles. The number of ether oxygens (including phenoxy) is 2. The van der Waals surface area contributed by atoms with Crippen LogP contribution in [0, 0.1) is 0 Å². The third kappa shape index (κ3) is 2.66. The van der Waals surface area contributed by atoms with E-state index in [2.05, 4.69) is 10.6 Å². The molecule has 1 aliphatic rings. The highest BCUT2D eigenvalue weighted by Gasteiger charge is 2.36. The summed E-state index contributed by atoms with van der Waals surface area (Å²) in [7, 11) is 3.20. The van der Waals surface area contributed by atoms with Gasteiger partial charge in [0.2, 0.25) is 5.91 Å². The van der Waals surface area contributed by atoms with Crippen molar-refractivity contribution >= 4 is 5.91 Å². The molecule has 2 N–H and O–H groups in total. The van der Waals surface area contributed by atoms with Gasteiger partial charge in [0.1, 0.15) is 17.0 Å². The standard InChI is InChI=1S/C14H20N2O3/c1-14(13(17)15-5-4-6-16-14)10-7-11(18-2)9-12(8-10)19-3/h7-9,16H,4-6H2,1-3H3,(H,15,17). The zero-order chi connectivity index (χ0) is 13.9. The Morgan fingerprint density at radius 3 is 2.32 bits per heavy atom. The van der Waals surface area contributed by atoms with Crippen LogP contribution in [0.5, 0.6) is 11.5 Å². The average molecular weight is 264 g/mol. The number of rotatable bonds is 3. The van der Waals surface area contributed by atoms with Crippen LogP contribution in [0.4, 0.5) is 0 Å². The van der Waals surface area contributed by atoms with Gasteiger partial charge in [-0.1, -0.05) is 0 Å². The fourth-order valence-corrected chi connectivity index (χ4v) is 2.22. The van der Waals surface area contributed by atoms with Gasteiger partial charge < -0.3 is 14.8 Å². The third-order valence-electron chi connectivity index (χ3n) is 3.50. The number of benzene rings is 1. The number of carbonyl (C=O) groups excluding carboxylic acids is 1. The van der Waals surface area contributed by atoms with Crippen LogP contribution >= 0.6 is 0 Å². The molecule has 104 valence electrons. The Morgan fingerprint density at radius 1 is 1.11 bits per heavy atom. The van der Waals surface area contributed by atoms with Crippen LogP contribution in [-0.4, -0.2) is 33.2 Å². The highest BCUT2D eigenvalue weighted by molar-refractivity contribution is 5.87. The SMILES string of the molecule is COc1cc(OC)cc(C2(C)NCCCNC2=O)c1. The van der Waals surface area contributed by atoms with Crippen molar-refractivity contribution in [1.29, 1.82) is 0 Å². The Kier molecular flexibility index (Phi) is 3.95. The normalized spacial score (nSPS) is 23.4. The van der Waals surface area contributed by atoms with E-state index >= 15 is 0 Å². The first-order valence-electron chi connectivity index (χ1n) is 6.37. The summed E-state index contributed by atoms with van der Waals surface area (Å²) in [5, 5.41) is 6.23. The number of methoxy groups -OCH3 is 2. The Balaban J connectivity index is 2.45. The highest BCUT2D eigenvalue weighted by Crippen LogP contribution is 2.30. The molecule has 0 spiro atoms. The maximum atomic E-state index is 12.3. The Hall–Kier alpha value is -1.75. The van der Waals surface area contributed by atoms with Crippen LogP contribution in [0.1, 0.15) is 18.9 Å². The number of amides is 1. The summed E-state index contributed by atoms with van der Waals surface area (Å²) in [6.45, 7) is 3.36. The molecule has 1 amide bonds. The molecular weight excluding hydrogens is 244 g/mol. The molecule has 5 heteroatoms. The van der Waals surface area contributed by atoms with Crippen molar-refractivity contribution in [3.05, 3.63) is 23.8 Å². The minimum absolute atomic E-state index is 0.0275. The third-order valence-corrected chi connectivity index (χ3v) is 3.50. The molecule has 5 nitrogen and oxygen atoms in total. The molecule has 1 atom stereocenters. The number of carbonyl (C=O) groups is 1. The van der Waals surface area contributed by atoms with Crippen LogP contribution in [0.15, 0.2) is 18.2 Å². The maximum Gasteiger partial charge on any atom is 0.244 e. The van der Waals surface area contributed by atoms with E-state index in [4.69, 9.17) is 9.47 Å². The summed E-state index contributed by atoms with van der Waals surface area (Å²) in [5.74, 6) is 1.32. The zero-order valence-electron chi connectivity index (χ0n) is 11.6. The molecule has 0 aromatic heterocycles. The molecule has 19 heavy (non-hydrogen) atoms. The number of nitrogens with one attached hydrogen (secondary N) is 2. The fraction of sp³-hybridized carbons (Fsp3) is 0.500. The number of hydrogen-bond donors (Lipinski definition) is 2. The van der Waals surface area contributed by atoms with Crippen LogP contribution < -0.4 is 20.1 Å². The predicted octanol–water partition coefficient (Wildman–Crippen LogP) is 1.03. The van der Waals surface area contributed by atoms with Gasteiger partial charge in [0.15, 0.2) is 0 Å². The van der Waals surface area contributed by atoms with Gasteiger partial charge in [-0.25, -0.2) is 0 Å². The summed E-state index contributed by atoms with van der Waals surface area (Å²) in [4.78, 5) is 12.3. The lowest BCUT2D eigenvalue weighted by Gasteiger charge is -2.28. The Labute approximate surface area is 113 Å². The molecule has 1 aliphatic heterocycles. The van der Waals surface area contributed by atoms with E-state index in [9.17, 15) is 4.79 Å². The van der Waals surface area contributed by atoms with E-state index in [0.717, 1.165) is 18.5 Å². The van der Waals surface area contributed by atoms with Crippen molar-refractivity contribution in [2.45, 2.75) is 18.9 Å². The van der Waals surface area contributed by atoms with Crippen LogP contribution in [0.25, 0.3) is 0 Å². The van der Waals surface area contributed by atoms with E-state index in [1.165, 1.54) is 0 Å². The lowest BCUT2D eigenvalue weighted by molar-refractivity contribution is -0.126. The molecular formula is C14H20N2O3. The van der Waals surface area contributed by atoms with Crippen molar-refractivity contribution in [1.82, 2.24) is 10.6 Å². The monoisotopic (exact) mass is 264 g/mol. The van der Waals surface area contributed by atoms with E-state index in [1.54, 1.807) is 20.3 Å². The van der Waals surface area contributed by atoms with Gasteiger partial charge in [0.25, 0.3) is 0 Å². The summed E-state index contributed by atoms with van der Waals surface area (Å²) in [6.07, 6.45) is 0.919. The predicted molar refractivity (Wildman–Crippen MR) is 72.5 cm³/mol. The molecule has 1 aromatic carbocycles. The summed E-state index contributed by atoms with van der Waals surface area (Å²) < 4.78 is 10.5. The zero-order valence-corrected chi connectivity index (χ0v) is 11.6. The average Bonchev–Trinajstić information content (AvgIpc) is 2.61. The molecule has 2 rings (SSSR count). The first kappa shape index (κ1) is 13.7. The fourth-order valence-electron chi connectivity index (χ4n) is 2.22. The van der Waals surface area contributed by atoms with Gasteiger partial charge in [0.05, 0.1) is 14.2 Å². The minimum atomic E-state index is -0.766. The van der Waals surface area contributed by atoms with Gasteiger partial charge in [-0.2, -0.15) is 0 Å². The second kappa shape index (κ2) is 5.48. The van der Waals surface area contributed by atoms with Crippen molar-refractivity contribution in [3.8, 4) is 11.5 Å². The first-order valence-corrected chi connectivity index (χ1v) is 6.37. The van der Waals surface area contributed by atoms with Crippen LogP contribution in [0.2, 0.25) is 0 Å². The quantitative estimate of drug-likeness (QED) is 0.856. The van der Waals surface area contributed by atoms with Crippen molar-refractivity contribution < 1.29 is 14.3 Å². The second-order valence-corrected chi connectivity index (χ2v) is 4.76. The number of hydrogen-bond acceptors (Lipinski definition) is 4. The van der Waals surface area contributed by atoms with Crippen molar-refractivity contribution in [3.63, 3.8) is 0 Å². The lowest BCUT2D eigenvalue weighted by Crippen LogP contribution is -2.50. The topological polar surface area (TPSA) is 59.6 Å². The van der Waals surface area contributed by atoms with Gasteiger partial charge in [-0.3, -0.25) is 10.1 Å². The smallest absolute Gasteiger partial charge is 0.244 e. The van der Waals surface area contributed by atoms with Gasteiger partial charge >= 0.3 is 0 Å². The van der Waals surface area contributed by atoms with Crippen LogP contribution in [0.3, 0.4) is 0 Å². The molecule has 0 aliphatic carbocycles. The highest BCUT2D eigenvalue weighted by atomic mass is 16.5. The van der Waals surface area contributed by atoms with Gasteiger partial charge in [-0.15, -0.1) is 0 Å². The lowest BCUT2D eigenvalue weighted by atomic mass is 9.90. The van der Waals surface area contributed by atoms with Crippen molar-refractivity contribution in [2.75, 3.05) is 27.3 Å². The molecule has 0 bridgehead atoms. The Morgan fingerprint density at radius 2 is 1.74 bits per heavy atom. The molecule has 1 fully saturated rings. The van der Waals surface area contributed by atoms with E-state index in [1.807, 2.05) is 19.1 Å². The summed E-state index contributed by atoms with van der Waals surface area (Å²) in [5.41, 5.74) is 0.0706. The molecule has 1 aromatic rings. The molecule has 1 saturated heterocycles. The van der Waals surface area contributed by atoms with Gasteiger partial charge in [-0.05, 0) is 37.6 Å². The molecule has 1 unspecified atom stereocenters. The summed E-state index contributed by atoms with van der Waals surface area (Å²) in [6, 6.07) is 5.52. The first-order chi connectivity index (χ1) is 9.10. The van der Waals surface area contributed by atoms with E-state index < -0.39 is 5.54 Å². The molecule has 1 heterocycles. The van der Waals surface area contributed by atoms with Crippen molar-refractivity contribution in [2.24, 2.45) is 0 Å². The minimum Gasteiger partial charge on any atom is -0.497 e. The van der Waals surface area contributed by atoms with Gasteiger partial charge in [0, 0.05) is 12.6 Å². The maximum absolute atomic E-state index is 12.3. The van der Waals surface area contributed by atoms with E-state index in [0.29, 0.717) is 18.0 Å². The van der Waals surface area contributed by atoms with E-state index in [-0.39, 0.29) is 5.91 Å². The largest absolute Gasteiger partial charge is 0.497 e. The Bertz CT molecular complexity index is 454. The molecule has 0 radical (unpaired) electrons. The van der Waals surface area contributed by atoms with Crippen LogP contribution in [-0.2, 0) is 10.3 Å².